The fourth-order valence-electron chi connectivity index (χ4n) is 3.24. The summed E-state index contributed by atoms with van der Waals surface area (Å²) in [6.07, 6.45) is 7.82. The molecule has 2 aromatic heterocycles. The van der Waals surface area contributed by atoms with Crippen molar-refractivity contribution in [2.75, 3.05) is 13.1 Å². The maximum Gasteiger partial charge on any atom is 0.213 e. The van der Waals surface area contributed by atoms with Crippen LogP contribution in [-0.2, 0) is 13.0 Å². The molecule has 0 spiro atoms. The molecule has 1 aliphatic carbocycles. The third-order valence-corrected chi connectivity index (χ3v) is 5.99. The van der Waals surface area contributed by atoms with E-state index in [9.17, 15) is 0 Å². The Labute approximate surface area is 195 Å². The minimum Gasteiger partial charge on any atom is -0.474 e. The number of nitrogens with one attached hydrogen (secondary N) is 2. The first kappa shape index (κ1) is 23.9. The standard InChI is InChI=1S/C21H31N5OS.HI/c1-4-22-21(24-12-10-20-26-15(2)16(3)28-20)25-14-17-9-11-23-19(13-17)27-18-7-5-6-8-18;/h9,11,13,18H,4-8,10,12,14H2,1-3H3,(H2,22,24,25);1H. The zero-order chi connectivity index (χ0) is 19.8. The van der Waals surface area contributed by atoms with Crippen molar-refractivity contribution in [2.45, 2.75) is 65.5 Å². The molecule has 0 bridgehead atoms. The highest BCUT2D eigenvalue weighted by atomic mass is 127. The first-order chi connectivity index (χ1) is 13.6. The molecule has 8 heteroatoms. The number of pyridine rings is 1. The number of rotatable bonds is 8. The predicted molar refractivity (Wildman–Crippen MR) is 131 cm³/mol. The van der Waals surface area contributed by atoms with E-state index in [0.717, 1.165) is 49.6 Å². The molecule has 2 N–H and O–H groups in total. The molecule has 0 radical (unpaired) electrons. The highest BCUT2D eigenvalue weighted by Crippen LogP contribution is 2.23. The molecule has 6 nitrogen and oxygen atoms in total. The fraction of sp³-hybridized carbons (Fsp3) is 0.571. The van der Waals surface area contributed by atoms with Gasteiger partial charge in [0.2, 0.25) is 5.88 Å². The molecule has 1 fully saturated rings. The number of hydrogen-bond acceptors (Lipinski definition) is 5. The average Bonchev–Trinajstić information content (AvgIpc) is 3.30. The van der Waals surface area contributed by atoms with Crippen molar-refractivity contribution in [3.05, 3.63) is 39.5 Å². The Bertz CT molecular complexity index is 770. The number of aromatic nitrogens is 2. The van der Waals surface area contributed by atoms with Crippen LogP contribution in [0, 0.1) is 13.8 Å². The molecule has 29 heavy (non-hydrogen) atoms. The van der Waals surface area contributed by atoms with Gasteiger partial charge in [-0.3, -0.25) is 0 Å². The highest BCUT2D eigenvalue weighted by molar-refractivity contribution is 14.0. The summed E-state index contributed by atoms with van der Waals surface area (Å²) in [4.78, 5) is 14.9. The lowest BCUT2D eigenvalue weighted by Gasteiger charge is -2.13. The van der Waals surface area contributed by atoms with Crippen LogP contribution in [0.5, 0.6) is 5.88 Å². The summed E-state index contributed by atoms with van der Waals surface area (Å²) >= 11 is 1.77. The lowest BCUT2D eigenvalue weighted by Crippen LogP contribution is -2.38. The summed E-state index contributed by atoms with van der Waals surface area (Å²) in [7, 11) is 0. The van der Waals surface area contributed by atoms with Crippen molar-refractivity contribution < 1.29 is 4.74 Å². The van der Waals surface area contributed by atoms with Gasteiger partial charge in [-0.25, -0.2) is 15.0 Å². The van der Waals surface area contributed by atoms with E-state index >= 15 is 0 Å². The van der Waals surface area contributed by atoms with E-state index in [1.165, 1.54) is 22.7 Å². The first-order valence-corrected chi connectivity index (χ1v) is 11.0. The second kappa shape index (κ2) is 12.3. The average molecular weight is 529 g/mol. The van der Waals surface area contributed by atoms with Crippen molar-refractivity contribution >= 4 is 41.3 Å². The van der Waals surface area contributed by atoms with Crippen LogP contribution in [0.15, 0.2) is 23.3 Å². The number of aryl methyl sites for hydroxylation is 2. The summed E-state index contributed by atoms with van der Waals surface area (Å²) in [5, 5.41) is 7.87. The van der Waals surface area contributed by atoms with Crippen LogP contribution in [0.1, 0.15) is 53.7 Å². The van der Waals surface area contributed by atoms with Gasteiger partial charge in [-0.2, -0.15) is 0 Å². The van der Waals surface area contributed by atoms with Crippen LogP contribution < -0.4 is 15.4 Å². The Kier molecular flexibility index (Phi) is 10.1. The molecule has 0 aromatic carbocycles. The topological polar surface area (TPSA) is 71.4 Å². The Morgan fingerprint density at radius 3 is 2.76 bits per heavy atom. The van der Waals surface area contributed by atoms with Crippen molar-refractivity contribution in [1.82, 2.24) is 20.6 Å². The summed E-state index contributed by atoms with van der Waals surface area (Å²) in [6, 6.07) is 4.00. The molecular formula is C21H32IN5OS. The van der Waals surface area contributed by atoms with Gasteiger partial charge in [0, 0.05) is 36.7 Å². The second-order valence-corrected chi connectivity index (χ2v) is 8.44. The molecule has 1 saturated carbocycles. The van der Waals surface area contributed by atoms with Crippen molar-refractivity contribution in [1.29, 1.82) is 0 Å². The quantitative estimate of drug-likeness (QED) is 0.302. The number of ether oxygens (including phenoxy) is 1. The molecule has 0 saturated heterocycles. The largest absolute Gasteiger partial charge is 0.474 e. The van der Waals surface area contributed by atoms with Crippen molar-refractivity contribution in [2.24, 2.45) is 4.99 Å². The number of halogens is 1. The summed E-state index contributed by atoms with van der Waals surface area (Å²) < 4.78 is 6.00. The van der Waals surface area contributed by atoms with E-state index in [4.69, 9.17) is 9.73 Å². The van der Waals surface area contributed by atoms with E-state index in [1.54, 1.807) is 11.3 Å². The van der Waals surface area contributed by atoms with Crippen molar-refractivity contribution in [3.63, 3.8) is 0 Å². The van der Waals surface area contributed by atoms with E-state index < -0.39 is 0 Å². The number of nitrogens with zero attached hydrogens (tertiary/aromatic N) is 3. The van der Waals surface area contributed by atoms with Gasteiger partial charge < -0.3 is 15.4 Å². The zero-order valence-corrected chi connectivity index (χ0v) is 20.7. The monoisotopic (exact) mass is 529 g/mol. The van der Waals surface area contributed by atoms with Crippen LogP contribution in [0.4, 0.5) is 0 Å². The van der Waals surface area contributed by atoms with Gasteiger partial charge in [-0.15, -0.1) is 35.3 Å². The molecule has 3 rings (SSSR count). The Balaban J connectivity index is 0.00000300. The van der Waals surface area contributed by atoms with Crippen molar-refractivity contribution in [3.8, 4) is 5.88 Å². The fourth-order valence-corrected chi connectivity index (χ4v) is 4.17. The third-order valence-electron chi connectivity index (χ3n) is 4.86. The molecule has 0 amide bonds. The summed E-state index contributed by atoms with van der Waals surface area (Å²) in [6.45, 7) is 8.49. The van der Waals surface area contributed by atoms with Crippen LogP contribution in [-0.4, -0.2) is 35.1 Å². The molecule has 0 aliphatic heterocycles. The number of thiazole rings is 1. The number of aliphatic imine (C=N–C) groups is 1. The molecule has 0 atom stereocenters. The molecule has 160 valence electrons. The van der Waals surface area contributed by atoms with Crippen LogP contribution >= 0.6 is 35.3 Å². The lowest BCUT2D eigenvalue weighted by molar-refractivity contribution is 0.201. The van der Waals surface area contributed by atoms with Gasteiger partial charge >= 0.3 is 0 Å². The van der Waals surface area contributed by atoms with Gasteiger partial charge in [-0.1, -0.05) is 0 Å². The van der Waals surface area contributed by atoms with Gasteiger partial charge in [0.1, 0.15) is 6.10 Å². The summed E-state index contributed by atoms with van der Waals surface area (Å²) in [5.41, 5.74) is 2.24. The summed E-state index contributed by atoms with van der Waals surface area (Å²) in [5.74, 6) is 1.54. The Morgan fingerprint density at radius 2 is 2.07 bits per heavy atom. The SMILES string of the molecule is CCNC(=NCc1ccnc(OC2CCCC2)c1)NCCc1nc(C)c(C)s1.I. The minimum absolute atomic E-state index is 0. The van der Waals surface area contributed by atoms with E-state index in [2.05, 4.69) is 41.4 Å². The smallest absolute Gasteiger partial charge is 0.213 e. The molecule has 2 heterocycles. The number of hydrogen-bond donors (Lipinski definition) is 2. The lowest BCUT2D eigenvalue weighted by atomic mass is 10.2. The van der Waals surface area contributed by atoms with Crippen LogP contribution in [0.2, 0.25) is 0 Å². The third kappa shape index (κ3) is 7.73. The predicted octanol–water partition coefficient (Wildman–Crippen LogP) is 4.39. The maximum atomic E-state index is 6.00. The van der Waals surface area contributed by atoms with Gasteiger partial charge in [0.15, 0.2) is 5.96 Å². The Hall–Kier alpha value is -1.42. The van der Waals surface area contributed by atoms with E-state index in [1.807, 2.05) is 18.3 Å². The minimum atomic E-state index is 0. The number of guanidine groups is 1. The molecule has 1 aliphatic rings. The van der Waals surface area contributed by atoms with Crippen LogP contribution in [0.3, 0.4) is 0 Å². The van der Waals surface area contributed by atoms with Gasteiger partial charge in [0.05, 0.1) is 17.2 Å². The van der Waals surface area contributed by atoms with E-state index in [0.29, 0.717) is 18.5 Å². The highest BCUT2D eigenvalue weighted by Gasteiger charge is 2.17. The van der Waals surface area contributed by atoms with Gasteiger partial charge in [-0.05, 0) is 58.1 Å². The van der Waals surface area contributed by atoms with E-state index in [-0.39, 0.29) is 24.0 Å². The molecular weight excluding hydrogens is 497 g/mol. The first-order valence-electron chi connectivity index (χ1n) is 10.2. The second-order valence-electron chi connectivity index (χ2n) is 7.15. The normalized spacial score (nSPS) is 14.5. The molecule has 0 unspecified atom stereocenters. The zero-order valence-electron chi connectivity index (χ0n) is 17.5. The van der Waals surface area contributed by atoms with Gasteiger partial charge in [0.25, 0.3) is 0 Å². The maximum absolute atomic E-state index is 6.00. The Morgan fingerprint density at radius 1 is 1.28 bits per heavy atom. The van der Waals surface area contributed by atoms with Crippen LogP contribution in [0.25, 0.3) is 0 Å². The molecule has 2 aromatic rings.